The van der Waals surface area contributed by atoms with Crippen molar-refractivity contribution in [1.29, 1.82) is 0 Å². The smallest absolute Gasteiger partial charge is 0.216 e. The summed E-state index contributed by atoms with van der Waals surface area (Å²) < 4.78 is 0. The maximum absolute atomic E-state index is 11.0. The molecule has 1 rings (SSSR count). The molecule has 0 spiro atoms. The maximum atomic E-state index is 11.0. The Balaban J connectivity index is 2.78. The third kappa shape index (κ3) is 4.19. The van der Waals surface area contributed by atoms with Crippen LogP contribution < -0.4 is 5.32 Å². The van der Waals surface area contributed by atoms with Crippen LogP contribution >= 0.6 is 0 Å². The van der Waals surface area contributed by atoms with Gasteiger partial charge in [-0.05, 0) is 31.6 Å². The average Bonchev–Trinajstić information content (AvgIpc) is 2.29. The van der Waals surface area contributed by atoms with Crippen LogP contribution in [0.15, 0.2) is 24.3 Å². The molecule has 0 aromatic heterocycles. The Kier molecular flexibility index (Phi) is 5.16. The van der Waals surface area contributed by atoms with E-state index < -0.39 is 0 Å². The lowest BCUT2D eigenvalue weighted by Gasteiger charge is -2.25. The normalized spacial score (nSPS) is 12.5. The molecular weight excluding hydrogens is 212 g/mol. The van der Waals surface area contributed by atoms with E-state index in [0.717, 1.165) is 6.42 Å². The van der Waals surface area contributed by atoms with Gasteiger partial charge in [-0.3, -0.25) is 4.79 Å². The predicted octanol–water partition coefficient (Wildman–Crippen LogP) is 1.99. The molecule has 0 radical (unpaired) electrons. The van der Waals surface area contributed by atoms with Crippen LogP contribution in [0.2, 0.25) is 0 Å². The molecule has 1 unspecified atom stereocenters. The van der Waals surface area contributed by atoms with Gasteiger partial charge >= 0.3 is 0 Å². The summed E-state index contributed by atoms with van der Waals surface area (Å²) in [6.07, 6.45) is 1.05. The molecule has 3 nitrogen and oxygen atoms in total. The number of hydrogen-bond donors (Lipinski definition) is 1. The molecule has 0 saturated heterocycles. The highest BCUT2D eigenvalue weighted by molar-refractivity contribution is 5.72. The summed E-state index contributed by atoms with van der Waals surface area (Å²) in [4.78, 5) is 13.1. The van der Waals surface area contributed by atoms with E-state index >= 15 is 0 Å². The molecule has 17 heavy (non-hydrogen) atoms. The van der Waals surface area contributed by atoms with Crippen molar-refractivity contribution >= 4 is 5.91 Å². The summed E-state index contributed by atoms with van der Waals surface area (Å²) in [6.45, 7) is 4.34. The summed E-state index contributed by atoms with van der Waals surface area (Å²) >= 11 is 0. The van der Waals surface area contributed by atoms with Gasteiger partial charge in [0.2, 0.25) is 5.91 Å². The zero-order valence-corrected chi connectivity index (χ0v) is 11.2. The number of carbonyl (C=O) groups is 1. The fourth-order valence-corrected chi connectivity index (χ4v) is 1.81. The molecule has 1 aromatic carbocycles. The van der Waals surface area contributed by atoms with Gasteiger partial charge < -0.3 is 10.2 Å². The molecule has 1 atom stereocenters. The number of hydrogen-bond acceptors (Lipinski definition) is 2. The molecule has 0 fully saturated rings. The molecule has 0 heterocycles. The molecule has 0 aliphatic rings. The van der Waals surface area contributed by atoms with Crippen LogP contribution in [0.25, 0.3) is 0 Å². The second kappa shape index (κ2) is 6.40. The standard InChI is InChI=1S/C14H22N2O/c1-5-12-6-8-13(9-7-12)14(16(3)4)10-15-11(2)17/h6-9,14H,5,10H2,1-4H3,(H,15,17). The first-order valence-corrected chi connectivity index (χ1v) is 6.04. The molecule has 1 aromatic rings. The largest absolute Gasteiger partial charge is 0.354 e. The second-order valence-corrected chi connectivity index (χ2v) is 4.51. The molecular formula is C14H22N2O. The molecule has 0 saturated carbocycles. The van der Waals surface area contributed by atoms with Crippen molar-refractivity contribution in [1.82, 2.24) is 10.2 Å². The summed E-state index contributed by atoms with van der Waals surface area (Å²) in [5.41, 5.74) is 2.58. The zero-order valence-electron chi connectivity index (χ0n) is 11.2. The Hall–Kier alpha value is -1.35. The molecule has 1 amide bonds. The van der Waals surface area contributed by atoms with E-state index in [0.29, 0.717) is 6.54 Å². The van der Waals surface area contributed by atoms with Crippen molar-refractivity contribution in [3.8, 4) is 0 Å². The average molecular weight is 234 g/mol. The zero-order chi connectivity index (χ0) is 12.8. The first-order valence-electron chi connectivity index (χ1n) is 6.04. The number of carbonyl (C=O) groups excluding carboxylic acids is 1. The first kappa shape index (κ1) is 13.7. The van der Waals surface area contributed by atoms with E-state index in [1.54, 1.807) is 6.92 Å². The van der Waals surface area contributed by atoms with Gasteiger partial charge in [-0.25, -0.2) is 0 Å². The molecule has 0 aliphatic heterocycles. The number of nitrogens with one attached hydrogen (secondary N) is 1. The molecule has 94 valence electrons. The van der Waals surface area contributed by atoms with Crippen LogP contribution in [-0.2, 0) is 11.2 Å². The van der Waals surface area contributed by atoms with Crippen molar-refractivity contribution in [2.75, 3.05) is 20.6 Å². The van der Waals surface area contributed by atoms with Crippen molar-refractivity contribution in [3.63, 3.8) is 0 Å². The van der Waals surface area contributed by atoms with Crippen LogP contribution in [0.4, 0.5) is 0 Å². The monoisotopic (exact) mass is 234 g/mol. The number of amides is 1. The summed E-state index contributed by atoms with van der Waals surface area (Å²) in [5.74, 6) is 0.0158. The predicted molar refractivity (Wildman–Crippen MR) is 70.9 cm³/mol. The first-order chi connectivity index (χ1) is 8.04. The Bertz CT molecular complexity index is 357. The third-order valence-corrected chi connectivity index (χ3v) is 2.94. The highest BCUT2D eigenvalue weighted by Crippen LogP contribution is 2.18. The van der Waals surface area contributed by atoms with Crippen LogP contribution in [-0.4, -0.2) is 31.4 Å². The Labute approximate surface area is 104 Å². The molecule has 3 heteroatoms. The van der Waals surface area contributed by atoms with E-state index in [1.807, 2.05) is 14.1 Å². The van der Waals surface area contributed by atoms with Crippen molar-refractivity contribution < 1.29 is 4.79 Å². The van der Waals surface area contributed by atoms with Gasteiger partial charge in [0, 0.05) is 13.5 Å². The lowest BCUT2D eigenvalue weighted by molar-refractivity contribution is -0.119. The Morgan fingerprint density at radius 2 is 1.88 bits per heavy atom. The van der Waals surface area contributed by atoms with E-state index in [1.165, 1.54) is 11.1 Å². The van der Waals surface area contributed by atoms with Crippen LogP contribution in [0.1, 0.15) is 31.0 Å². The molecule has 1 N–H and O–H groups in total. The number of nitrogens with zero attached hydrogens (tertiary/aromatic N) is 1. The van der Waals surface area contributed by atoms with Gasteiger partial charge in [-0.1, -0.05) is 31.2 Å². The summed E-state index contributed by atoms with van der Waals surface area (Å²) in [7, 11) is 4.06. The topological polar surface area (TPSA) is 32.3 Å². The number of rotatable bonds is 5. The molecule has 0 aliphatic carbocycles. The Morgan fingerprint density at radius 1 is 1.29 bits per heavy atom. The van der Waals surface area contributed by atoms with Gasteiger partial charge in [0.1, 0.15) is 0 Å². The summed E-state index contributed by atoms with van der Waals surface area (Å²) in [5, 5.41) is 2.87. The molecule has 0 bridgehead atoms. The van der Waals surface area contributed by atoms with Crippen LogP contribution in [0, 0.1) is 0 Å². The quantitative estimate of drug-likeness (QED) is 0.845. The van der Waals surface area contributed by atoms with Crippen molar-refractivity contribution in [2.45, 2.75) is 26.3 Å². The van der Waals surface area contributed by atoms with Crippen LogP contribution in [0.3, 0.4) is 0 Å². The second-order valence-electron chi connectivity index (χ2n) is 4.51. The Morgan fingerprint density at radius 3 is 2.29 bits per heavy atom. The highest BCUT2D eigenvalue weighted by atomic mass is 16.1. The minimum Gasteiger partial charge on any atom is -0.354 e. The lowest BCUT2D eigenvalue weighted by Crippen LogP contribution is -2.33. The van der Waals surface area contributed by atoms with Gasteiger partial charge in [-0.2, -0.15) is 0 Å². The van der Waals surface area contributed by atoms with Crippen LogP contribution in [0.5, 0.6) is 0 Å². The maximum Gasteiger partial charge on any atom is 0.216 e. The third-order valence-electron chi connectivity index (χ3n) is 2.94. The van der Waals surface area contributed by atoms with E-state index in [-0.39, 0.29) is 11.9 Å². The van der Waals surface area contributed by atoms with Gasteiger partial charge in [-0.15, -0.1) is 0 Å². The number of benzene rings is 1. The van der Waals surface area contributed by atoms with Gasteiger partial charge in [0.05, 0.1) is 6.04 Å². The minimum atomic E-state index is 0.0158. The SMILES string of the molecule is CCc1ccc(C(CNC(C)=O)N(C)C)cc1. The van der Waals surface area contributed by atoms with E-state index in [9.17, 15) is 4.79 Å². The minimum absolute atomic E-state index is 0.0158. The summed E-state index contributed by atoms with van der Waals surface area (Å²) in [6, 6.07) is 8.82. The van der Waals surface area contributed by atoms with Gasteiger partial charge in [0.25, 0.3) is 0 Å². The van der Waals surface area contributed by atoms with Crippen molar-refractivity contribution in [3.05, 3.63) is 35.4 Å². The number of likely N-dealkylation sites (N-methyl/N-ethyl adjacent to an activating group) is 1. The van der Waals surface area contributed by atoms with E-state index in [2.05, 4.69) is 41.4 Å². The fraction of sp³-hybridized carbons (Fsp3) is 0.500. The lowest BCUT2D eigenvalue weighted by atomic mass is 10.0. The van der Waals surface area contributed by atoms with Gasteiger partial charge in [0.15, 0.2) is 0 Å². The van der Waals surface area contributed by atoms with Crippen molar-refractivity contribution in [2.24, 2.45) is 0 Å². The highest BCUT2D eigenvalue weighted by Gasteiger charge is 2.13. The van der Waals surface area contributed by atoms with E-state index in [4.69, 9.17) is 0 Å². The number of aryl methyl sites for hydroxylation is 1. The fourth-order valence-electron chi connectivity index (χ4n) is 1.81.